The summed E-state index contributed by atoms with van der Waals surface area (Å²) in [5, 5.41) is 3.69. The first-order chi connectivity index (χ1) is 17.8. The van der Waals surface area contributed by atoms with E-state index in [9.17, 15) is 9.59 Å². The van der Waals surface area contributed by atoms with E-state index < -0.39 is 6.04 Å². The van der Waals surface area contributed by atoms with E-state index in [4.69, 9.17) is 16.3 Å². The molecule has 6 heteroatoms. The fraction of sp³-hybridized carbons (Fsp3) is 0.355. The lowest BCUT2D eigenvalue weighted by Crippen LogP contribution is -2.53. The van der Waals surface area contributed by atoms with Crippen LogP contribution in [0.25, 0.3) is 0 Å². The third-order valence-corrected chi connectivity index (χ3v) is 6.70. The van der Waals surface area contributed by atoms with Crippen LogP contribution in [0.1, 0.15) is 56.7 Å². The number of ether oxygens (including phenoxy) is 1. The number of carbonyl (C=O) groups excluding carboxylic acids is 2. The van der Waals surface area contributed by atoms with Crippen LogP contribution in [0.2, 0.25) is 5.02 Å². The predicted molar refractivity (Wildman–Crippen MR) is 150 cm³/mol. The Morgan fingerprint density at radius 1 is 0.892 bits per heavy atom. The zero-order chi connectivity index (χ0) is 26.8. The van der Waals surface area contributed by atoms with Crippen molar-refractivity contribution in [2.45, 2.75) is 65.1 Å². The maximum Gasteiger partial charge on any atom is 0.261 e. The highest BCUT2D eigenvalue weighted by Gasteiger charge is 2.31. The molecule has 0 heterocycles. The van der Waals surface area contributed by atoms with Crippen LogP contribution < -0.4 is 10.1 Å². The summed E-state index contributed by atoms with van der Waals surface area (Å²) in [4.78, 5) is 28.8. The number of nitrogens with zero attached hydrogens (tertiary/aromatic N) is 1. The Balaban J connectivity index is 1.88. The van der Waals surface area contributed by atoms with Crippen molar-refractivity contribution in [1.29, 1.82) is 0 Å². The number of benzene rings is 3. The first-order valence-corrected chi connectivity index (χ1v) is 13.3. The molecule has 0 aliphatic rings. The summed E-state index contributed by atoms with van der Waals surface area (Å²) in [6.45, 7) is 8.34. The van der Waals surface area contributed by atoms with Gasteiger partial charge >= 0.3 is 0 Å². The van der Waals surface area contributed by atoms with Crippen LogP contribution in [0.4, 0.5) is 0 Å². The van der Waals surface area contributed by atoms with Gasteiger partial charge in [0.1, 0.15) is 11.8 Å². The molecule has 0 bridgehead atoms. The minimum atomic E-state index is -0.702. The van der Waals surface area contributed by atoms with E-state index >= 15 is 0 Å². The number of hydrogen-bond acceptors (Lipinski definition) is 3. The van der Waals surface area contributed by atoms with Crippen molar-refractivity contribution in [3.8, 4) is 5.75 Å². The minimum absolute atomic E-state index is 0.00557. The third kappa shape index (κ3) is 8.64. The van der Waals surface area contributed by atoms with Crippen LogP contribution in [0.3, 0.4) is 0 Å². The van der Waals surface area contributed by atoms with Crippen molar-refractivity contribution in [2.24, 2.45) is 0 Å². The van der Waals surface area contributed by atoms with Crippen molar-refractivity contribution >= 4 is 23.4 Å². The maximum absolute atomic E-state index is 13.6. The first kappa shape index (κ1) is 28.3. The summed E-state index contributed by atoms with van der Waals surface area (Å²) in [6.07, 6.45) is 1.19. The summed E-state index contributed by atoms with van der Waals surface area (Å²) in [6, 6.07) is 24.2. The Hall–Kier alpha value is -3.31. The molecule has 0 saturated heterocycles. The maximum atomic E-state index is 13.6. The van der Waals surface area contributed by atoms with Gasteiger partial charge in [-0.2, -0.15) is 0 Å². The average molecular weight is 521 g/mol. The molecule has 0 aromatic heterocycles. The highest BCUT2D eigenvalue weighted by atomic mass is 35.5. The molecule has 0 saturated carbocycles. The number of amides is 2. The van der Waals surface area contributed by atoms with Crippen LogP contribution in [-0.4, -0.2) is 35.4 Å². The quantitative estimate of drug-likeness (QED) is 0.301. The molecule has 3 aromatic carbocycles. The molecule has 1 N–H and O–H groups in total. The highest BCUT2D eigenvalue weighted by Crippen LogP contribution is 2.20. The number of hydrogen-bond donors (Lipinski definition) is 1. The number of rotatable bonds is 12. The largest absolute Gasteiger partial charge is 0.484 e. The van der Waals surface area contributed by atoms with Crippen LogP contribution in [-0.2, 0) is 22.6 Å². The monoisotopic (exact) mass is 520 g/mol. The van der Waals surface area contributed by atoms with Crippen molar-refractivity contribution < 1.29 is 14.3 Å². The van der Waals surface area contributed by atoms with Crippen LogP contribution in [0.5, 0.6) is 5.75 Å². The molecule has 196 valence electrons. The van der Waals surface area contributed by atoms with Gasteiger partial charge in [-0.3, -0.25) is 9.59 Å². The van der Waals surface area contributed by atoms with E-state index in [1.807, 2.05) is 80.6 Å². The van der Waals surface area contributed by atoms with Gasteiger partial charge < -0.3 is 15.0 Å². The standard InChI is InChI=1S/C31H37ClN2O3/c1-5-23(4)33-31(36)29(19-24-9-7-6-8-10-24)34(20-25-11-15-27(32)16-12-25)30(35)21-37-28-17-13-26(14-18-28)22(2)3/h6-18,22-23,29H,5,19-21H2,1-4H3,(H,33,36)/t23-,29-/m0/s1. The summed E-state index contributed by atoms with van der Waals surface area (Å²) in [5.74, 6) is 0.589. The van der Waals surface area contributed by atoms with Gasteiger partial charge in [0.25, 0.3) is 5.91 Å². The smallest absolute Gasteiger partial charge is 0.261 e. The van der Waals surface area contributed by atoms with E-state index in [-0.39, 0.29) is 31.0 Å². The zero-order valence-corrected chi connectivity index (χ0v) is 22.9. The number of nitrogens with one attached hydrogen (secondary N) is 1. The molecule has 0 fully saturated rings. The van der Waals surface area contributed by atoms with E-state index in [1.165, 1.54) is 5.56 Å². The van der Waals surface area contributed by atoms with Gasteiger partial charge in [0.2, 0.25) is 5.91 Å². The highest BCUT2D eigenvalue weighted by molar-refractivity contribution is 6.30. The summed E-state index contributed by atoms with van der Waals surface area (Å²) < 4.78 is 5.88. The lowest BCUT2D eigenvalue weighted by Gasteiger charge is -2.32. The summed E-state index contributed by atoms with van der Waals surface area (Å²) in [5.41, 5.74) is 3.06. The van der Waals surface area contributed by atoms with Gasteiger partial charge in [-0.25, -0.2) is 0 Å². The SMILES string of the molecule is CC[C@H](C)NC(=O)[C@H](Cc1ccccc1)N(Cc1ccc(Cl)cc1)C(=O)COc1ccc(C(C)C)cc1. The lowest BCUT2D eigenvalue weighted by molar-refractivity contribution is -0.143. The molecule has 0 radical (unpaired) electrons. The normalized spacial score (nSPS) is 12.6. The Morgan fingerprint density at radius 3 is 2.14 bits per heavy atom. The Bertz CT molecular complexity index is 1130. The summed E-state index contributed by atoms with van der Waals surface area (Å²) in [7, 11) is 0. The van der Waals surface area contributed by atoms with Crippen molar-refractivity contribution in [3.05, 3.63) is 101 Å². The van der Waals surface area contributed by atoms with Crippen molar-refractivity contribution in [3.63, 3.8) is 0 Å². The zero-order valence-electron chi connectivity index (χ0n) is 22.1. The van der Waals surface area contributed by atoms with Crippen LogP contribution in [0, 0.1) is 0 Å². The molecular formula is C31H37ClN2O3. The van der Waals surface area contributed by atoms with Gasteiger partial charge in [0.05, 0.1) is 0 Å². The van der Waals surface area contributed by atoms with Crippen LogP contribution >= 0.6 is 11.6 Å². The molecule has 3 aromatic rings. The van der Waals surface area contributed by atoms with Crippen LogP contribution in [0.15, 0.2) is 78.9 Å². The Morgan fingerprint density at radius 2 is 1.54 bits per heavy atom. The molecule has 2 amide bonds. The van der Waals surface area contributed by atoms with Gasteiger partial charge in [0, 0.05) is 24.0 Å². The molecule has 0 aliphatic carbocycles. The fourth-order valence-electron chi connectivity index (χ4n) is 3.96. The van der Waals surface area contributed by atoms with Gasteiger partial charge in [-0.15, -0.1) is 0 Å². The third-order valence-electron chi connectivity index (χ3n) is 6.45. The second kappa shape index (κ2) is 13.8. The molecular weight excluding hydrogens is 484 g/mol. The van der Waals surface area contributed by atoms with Crippen molar-refractivity contribution in [1.82, 2.24) is 10.2 Å². The molecule has 2 atom stereocenters. The molecule has 3 rings (SSSR count). The molecule has 0 unspecified atom stereocenters. The van der Waals surface area contributed by atoms with E-state index in [0.29, 0.717) is 23.1 Å². The van der Waals surface area contributed by atoms with Gasteiger partial charge in [-0.05, 0) is 60.2 Å². The molecule has 37 heavy (non-hydrogen) atoms. The molecule has 0 aliphatic heterocycles. The van der Waals surface area contributed by atoms with Gasteiger partial charge in [-0.1, -0.05) is 87.0 Å². The van der Waals surface area contributed by atoms with Crippen molar-refractivity contribution in [2.75, 3.05) is 6.61 Å². The lowest BCUT2D eigenvalue weighted by atomic mass is 10.0. The summed E-state index contributed by atoms with van der Waals surface area (Å²) >= 11 is 6.09. The average Bonchev–Trinajstić information content (AvgIpc) is 2.91. The topological polar surface area (TPSA) is 58.6 Å². The van der Waals surface area contributed by atoms with E-state index in [2.05, 4.69) is 19.2 Å². The number of carbonyl (C=O) groups is 2. The number of halogens is 1. The molecule has 0 spiro atoms. The Kier molecular flexibility index (Phi) is 10.6. The molecule has 5 nitrogen and oxygen atoms in total. The van der Waals surface area contributed by atoms with E-state index in [0.717, 1.165) is 17.5 Å². The fourth-order valence-corrected chi connectivity index (χ4v) is 4.08. The first-order valence-electron chi connectivity index (χ1n) is 12.9. The Labute approximate surface area is 225 Å². The predicted octanol–water partition coefficient (Wildman–Crippen LogP) is 6.40. The van der Waals surface area contributed by atoms with Gasteiger partial charge in [0.15, 0.2) is 6.61 Å². The second-order valence-corrected chi connectivity index (χ2v) is 10.1. The second-order valence-electron chi connectivity index (χ2n) is 9.68. The van der Waals surface area contributed by atoms with E-state index in [1.54, 1.807) is 17.0 Å². The minimum Gasteiger partial charge on any atom is -0.484 e.